The topological polar surface area (TPSA) is 121 Å². The monoisotopic (exact) mass is 762 g/mol. The average molecular weight is 763 g/mol. The van der Waals surface area contributed by atoms with Crippen molar-refractivity contribution >= 4 is 52.4 Å². The molecule has 0 aromatic heterocycles. The summed E-state index contributed by atoms with van der Waals surface area (Å²) >= 11 is 6.41. The Bertz CT molecular complexity index is 2480. The summed E-state index contributed by atoms with van der Waals surface area (Å²) in [5.41, 5.74) is 1.70. The summed E-state index contributed by atoms with van der Waals surface area (Å²) in [7, 11) is 1.44. The summed E-state index contributed by atoms with van der Waals surface area (Å²) in [6.07, 6.45) is 2.24. The van der Waals surface area contributed by atoms with Gasteiger partial charge < -0.3 is 9.84 Å². The van der Waals surface area contributed by atoms with Crippen LogP contribution in [0.4, 0.5) is 11.4 Å². The number of ketones is 1. The highest BCUT2D eigenvalue weighted by Gasteiger charge is 2.70. The first-order chi connectivity index (χ1) is 27.2. The maximum atomic E-state index is 15.4. The Morgan fingerprint density at radius 2 is 1.41 bits per heavy atom. The number of carbonyl (C=O) groups is 5. The number of methoxy groups -OCH3 is 1. The van der Waals surface area contributed by atoms with Crippen LogP contribution in [0.15, 0.2) is 139 Å². The lowest BCUT2D eigenvalue weighted by Crippen LogP contribution is -2.53. The van der Waals surface area contributed by atoms with E-state index in [1.807, 2.05) is 42.5 Å². The van der Waals surface area contributed by atoms with Crippen LogP contribution in [0.5, 0.6) is 11.5 Å². The second kappa shape index (κ2) is 13.5. The van der Waals surface area contributed by atoms with E-state index in [0.29, 0.717) is 44.2 Å². The van der Waals surface area contributed by atoms with Crippen molar-refractivity contribution in [1.29, 1.82) is 0 Å². The molecule has 4 amide bonds. The van der Waals surface area contributed by atoms with E-state index in [1.165, 1.54) is 16.9 Å². The van der Waals surface area contributed by atoms with E-state index in [4.69, 9.17) is 16.3 Å². The minimum absolute atomic E-state index is 0.0993. The van der Waals surface area contributed by atoms with Crippen molar-refractivity contribution in [2.75, 3.05) is 16.9 Å². The number of carbonyl (C=O) groups excluding carboxylic acids is 5. The molecule has 6 atom stereocenters. The predicted octanol–water partition coefficient (Wildman–Crippen LogP) is 7.65. The van der Waals surface area contributed by atoms with Crippen LogP contribution >= 0.6 is 11.6 Å². The van der Waals surface area contributed by atoms with Gasteiger partial charge in [0.15, 0.2) is 17.3 Å². The van der Waals surface area contributed by atoms with E-state index in [0.717, 1.165) is 0 Å². The van der Waals surface area contributed by atoms with Gasteiger partial charge in [-0.3, -0.25) is 28.9 Å². The lowest BCUT2D eigenvalue weighted by molar-refractivity contribution is -0.127. The fraction of sp³-hybridized carbons (Fsp3) is 0.196. The van der Waals surface area contributed by atoms with E-state index in [1.54, 1.807) is 91.0 Å². The third kappa shape index (κ3) is 5.10. The van der Waals surface area contributed by atoms with Crippen LogP contribution in [0, 0.1) is 23.7 Å². The van der Waals surface area contributed by atoms with Crippen LogP contribution in [0.25, 0.3) is 0 Å². The molecule has 278 valence electrons. The number of anilines is 2. The van der Waals surface area contributed by atoms with E-state index in [2.05, 4.69) is 0 Å². The Kier molecular flexibility index (Phi) is 8.50. The molecular weight excluding hydrogens is 728 g/mol. The number of nitrogens with zero attached hydrogens (tertiary/aromatic N) is 2. The number of aromatic hydroxyl groups is 1. The number of phenols is 1. The summed E-state index contributed by atoms with van der Waals surface area (Å²) in [5, 5.41) is 12.2. The van der Waals surface area contributed by atoms with Crippen molar-refractivity contribution in [3.63, 3.8) is 0 Å². The second-order valence-electron chi connectivity index (χ2n) is 14.7. The minimum Gasteiger partial charge on any atom is -0.504 e. The Labute approximate surface area is 327 Å². The highest BCUT2D eigenvalue weighted by Crippen LogP contribution is 2.65. The van der Waals surface area contributed by atoms with E-state index >= 15 is 4.79 Å². The number of ether oxygens (including phenoxy) is 1. The van der Waals surface area contributed by atoms with Crippen LogP contribution in [0.1, 0.15) is 45.8 Å². The molecule has 3 fully saturated rings. The summed E-state index contributed by atoms with van der Waals surface area (Å²) in [4.78, 5) is 74.9. The van der Waals surface area contributed by atoms with Crippen LogP contribution in [0.2, 0.25) is 5.02 Å². The standard InChI is InChI=1S/C46H35ClN2O7/c1-56-37-17-9-16-34(41(37)51)39-32-22-23-33-38(44(54)48(42(33)52)30-20-18-27(19-21-30)40(50)26-10-4-2-5-11-26)35(32)25-36-43(53)49(31-15-8-14-29(47)24-31)45(55)46(36,39)28-12-6-3-7-13-28/h2-22,24,33,35-36,38-39,51H,23,25H2,1H3. The summed E-state index contributed by atoms with van der Waals surface area (Å²) in [6, 6.07) is 36.1. The lowest BCUT2D eigenvalue weighted by Gasteiger charge is -2.50. The highest BCUT2D eigenvalue weighted by atomic mass is 35.5. The molecule has 0 spiro atoms. The quantitative estimate of drug-likeness (QED) is 0.103. The first-order valence-corrected chi connectivity index (χ1v) is 18.9. The predicted molar refractivity (Wildman–Crippen MR) is 210 cm³/mol. The molecule has 5 aromatic carbocycles. The van der Waals surface area contributed by atoms with Gasteiger partial charge in [-0.2, -0.15) is 0 Å². The number of halogens is 1. The molecule has 9 nitrogen and oxygen atoms in total. The first-order valence-electron chi connectivity index (χ1n) is 18.5. The van der Waals surface area contributed by atoms with Crippen molar-refractivity contribution in [2.24, 2.45) is 23.7 Å². The highest BCUT2D eigenvalue weighted by molar-refractivity contribution is 6.32. The number of rotatable bonds is 7. The minimum atomic E-state index is -1.55. The second-order valence-corrected chi connectivity index (χ2v) is 15.2. The van der Waals surface area contributed by atoms with Gasteiger partial charge in [-0.15, -0.1) is 0 Å². The summed E-state index contributed by atoms with van der Waals surface area (Å²) in [5.74, 6) is -6.01. The normalized spacial score (nSPS) is 25.4. The molecule has 1 saturated carbocycles. The van der Waals surface area contributed by atoms with E-state index in [9.17, 15) is 24.3 Å². The van der Waals surface area contributed by atoms with Gasteiger partial charge in [-0.25, -0.2) is 4.90 Å². The molecule has 1 N–H and O–H groups in total. The number of fused-ring (bicyclic) bond motifs is 4. The summed E-state index contributed by atoms with van der Waals surface area (Å²) in [6.45, 7) is 0. The Morgan fingerprint density at radius 1 is 0.732 bits per heavy atom. The van der Waals surface area contributed by atoms with Gasteiger partial charge in [0.2, 0.25) is 23.6 Å². The third-order valence-corrected chi connectivity index (χ3v) is 12.4. The van der Waals surface area contributed by atoms with Gasteiger partial charge >= 0.3 is 0 Å². The zero-order valence-electron chi connectivity index (χ0n) is 30.2. The molecule has 0 radical (unpaired) electrons. The fourth-order valence-corrected chi connectivity index (χ4v) is 9.98. The number of para-hydroxylation sites is 1. The fourth-order valence-electron chi connectivity index (χ4n) is 9.80. The first kappa shape index (κ1) is 35.4. The maximum absolute atomic E-state index is 15.4. The molecule has 5 aromatic rings. The number of imide groups is 2. The lowest BCUT2D eigenvalue weighted by atomic mass is 9.49. The molecule has 2 aliphatic heterocycles. The smallest absolute Gasteiger partial charge is 0.246 e. The van der Waals surface area contributed by atoms with Crippen LogP contribution < -0.4 is 14.5 Å². The molecule has 56 heavy (non-hydrogen) atoms. The number of amides is 4. The Hall–Kier alpha value is -6.32. The zero-order chi connectivity index (χ0) is 38.9. The number of benzene rings is 5. The van der Waals surface area contributed by atoms with Crippen molar-refractivity contribution in [3.05, 3.63) is 166 Å². The zero-order valence-corrected chi connectivity index (χ0v) is 30.9. The van der Waals surface area contributed by atoms with Crippen molar-refractivity contribution in [3.8, 4) is 11.5 Å². The Balaban J connectivity index is 1.18. The van der Waals surface area contributed by atoms with Crippen molar-refractivity contribution in [2.45, 2.75) is 24.2 Å². The van der Waals surface area contributed by atoms with Crippen LogP contribution in [-0.2, 0) is 24.6 Å². The van der Waals surface area contributed by atoms with Crippen molar-refractivity contribution in [1.82, 2.24) is 0 Å². The largest absolute Gasteiger partial charge is 0.504 e. The number of allylic oxidation sites excluding steroid dienone is 2. The molecule has 10 heteroatoms. The van der Waals surface area contributed by atoms with Gasteiger partial charge in [0.05, 0.1) is 41.7 Å². The number of phenolic OH excluding ortho intramolecular Hbond substituents is 1. The molecule has 2 aliphatic carbocycles. The summed E-state index contributed by atoms with van der Waals surface area (Å²) < 4.78 is 5.55. The van der Waals surface area contributed by atoms with Crippen LogP contribution in [0.3, 0.4) is 0 Å². The molecule has 6 unspecified atom stereocenters. The number of hydrogen-bond acceptors (Lipinski definition) is 7. The van der Waals surface area contributed by atoms with Gasteiger partial charge in [0.25, 0.3) is 0 Å². The Morgan fingerprint density at radius 3 is 2.11 bits per heavy atom. The SMILES string of the molecule is COc1cccc(C2C3=CCC4C(=O)N(c5ccc(C(=O)c6ccccc6)cc5)C(=O)C4C3CC3C(=O)N(c4cccc(Cl)c4)C(=O)C32c2ccccc2)c1O. The van der Waals surface area contributed by atoms with Crippen molar-refractivity contribution < 1.29 is 33.8 Å². The average Bonchev–Trinajstić information content (AvgIpc) is 3.62. The molecular formula is C46H35ClN2O7. The van der Waals surface area contributed by atoms with Gasteiger partial charge in [-0.1, -0.05) is 102 Å². The molecule has 4 aliphatic rings. The van der Waals surface area contributed by atoms with Gasteiger partial charge in [-0.05, 0) is 72.9 Å². The van der Waals surface area contributed by atoms with E-state index in [-0.39, 0.29) is 36.0 Å². The van der Waals surface area contributed by atoms with Gasteiger partial charge in [0.1, 0.15) is 0 Å². The van der Waals surface area contributed by atoms with Crippen LogP contribution in [-0.4, -0.2) is 41.6 Å². The molecule has 2 saturated heterocycles. The van der Waals surface area contributed by atoms with Gasteiger partial charge in [0, 0.05) is 27.6 Å². The molecule has 2 heterocycles. The third-order valence-electron chi connectivity index (χ3n) is 12.2. The number of hydrogen-bond donors (Lipinski definition) is 1. The molecule has 9 rings (SSSR count). The van der Waals surface area contributed by atoms with E-state index < -0.39 is 52.7 Å². The maximum Gasteiger partial charge on any atom is 0.246 e. The molecule has 0 bridgehead atoms.